The number of hydrogen-bond donors (Lipinski definition) is 5. The van der Waals surface area contributed by atoms with Crippen molar-refractivity contribution in [2.45, 2.75) is 77.5 Å². The number of carboxylic acid groups (broad SMARTS) is 2. The Labute approximate surface area is 181 Å². The lowest BCUT2D eigenvalue weighted by Gasteiger charge is -2.31. The third kappa shape index (κ3) is 7.82. The van der Waals surface area contributed by atoms with Gasteiger partial charge in [0, 0.05) is 6.54 Å². The van der Waals surface area contributed by atoms with Gasteiger partial charge in [0.1, 0.15) is 18.1 Å². The number of nitrogens with zero attached hydrogens (tertiary/aromatic N) is 1. The largest absolute Gasteiger partial charge is 0.481 e. The molecule has 11 heteroatoms. The maximum atomic E-state index is 13.2. The van der Waals surface area contributed by atoms with E-state index in [4.69, 9.17) is 10.8 Å². The van der Waals surface area contributed by atoms with E-state index >= 15 is 0 Å². The first-order chi connectivity index (χ1) is 14.3. The van der Waals surface area contributed by atoms with Crippen LogP contribution < -0.4 is 16.4 Å². The molecule has 6 N–H and O–H groups in total. The van der Waals surface area contributed by atoms with E-state index in [0.29, 0.717) is 19.4 Å². The summed E-state index contributed by atoms with van der Waals surface area (Å²) in [4.78, 5) is 61.8. The maximum Gasteiger partial charge on any atom is 0.326 e. The average molecular weight is 443 g/mol. The second-order valence-corrected chi connectivity index (χ2v) is 8.65. The van der Waals surface area contributed by atoms with Crippen molar-refractivity contribution in [1.29, 1.82) is 0 Å². The summed E-state index contributed by atoms with van der Waals surface area (Å²) in [6, 6.07) is -4.20. The highest BCUT2D eigenvalue weighted by atomic mass is 16.4. The number of likely N-dealkylation sites (tertiary alicyclic amines) is 1. The molecule has 1 fully saturated rings. The van der Waals surface area contributed by atoms with Crippen LogP contribution in [0.4, 0.5) is 0 Å². The van der Waals surface area contributed by atoms with Gasteiger partial charge in [-0.05, 0) is 31.1 Å². The number of nitrogens with one attached hydrogen (secondary N) is 2. The summed E-state index contributed by atoms with van der Waals surface area (Å²) in [5, 5.41) is 23.2. The van der Waals surface area contributed by atoms with Crippen LogP contribution in [0.1, 0.15) is 53.4 Å². The van der Waals surface area contributed by atoms with Crippen LogP contribution in [0.25, 0.3) is 0 Å². The second-order valence-electron chi connectivity index (χ2n) is 8.65. The molecule has 176 valence electrons. The molecule has 31 heavy (non-hydrogen) atoms. The van der Waals surface area contributed by atoms with E-state index in [1.54, 1.807) is 13.8 Å². The normalized spacial score (nSPS) is 19.1. The number of nitrogens with two attached hydrogens (primary N) is 1. The molecule has 0 radical (unpaired) electrons. The van der Waals surface area contributed by atoms with Gasteiger partial charge in [0.05, 0.1) is 12.5 Å². The summed E-state index contributed by atoms with van der Waals surface area (Å²) in [5.41, 5.74) is 5.60. The van der Waals surface area contributed by atoms with E-state index in [0.717, 1.165) is 0 Å². The van der Waals surface area contributed by atoms with E-state index in [2.05, 4.69) is 10.6 Å². The van der Waals surface area contributed by atoms with Crippen molar-refractivity contribution in [1.82, 2.24) is 15.5 Å². The van der Waals surface area contributed by atoms with Crippen LogP contribution in [-0.2, 0) is 24.0 Å². The zero-order valence-corrected chi connectivity index (χ0v) is 18.5. The molecule has 0 aromatic heterocycles. The lowest BCUT2D eigenvalue weighted by Crippen LogP contribution is -2.57. The molecule has 0 saturated carbocycles. The van der Waals surface area contributed by atoms with Crippen LogP contribution >= 0.6 is 0 Å². The van der Waals surface area contributed by atoms with E-state index in [1.807, 2.05) is 13.8 Å². The number of carbonyl (C=O) groups is 5. The highest BCUT2D eigenvalue weighted by molar-refractivity contribution is 5.95. The van der Waals surface area contributed by atoms with Gasteiger partial charge in [-0.25, -0.2) is 4.79 Å². The molecule has 0 aromatic rings. The number of hydrogen-bond acceptors (Lipinski definition) is 6. The minimum Gasteiger partial charge on any atom is -0.481 e. The Kier molecular flexibility index (Phi) is 9.89. The summed E-state index contributed by atoms with van der Waals surface area (Å²) >= 11 is 0. The zero-order valence-electron chi connectivity index (χ0n) is 18.5. The van der Waals surface area contributed by atoms with Crippen LogP contribution in [0.2, 0.25) is 0 Å². The van der Waals surface area contributed by atoms with Gasteiger partial charge in [-0.1, -0.05) is 27.7 Å². The molecule has 1 heterocycles. The quantitative estimate of drug-likeness (QED) is 0.285. The molecule has 0 spiro atoms. The van der Waals surface area contributed by atoms with Gasteiger partial charge < -0.3 is 31.5 Å². The van der Waals surface area contributed by atoms with E-state index in [-0.39, 0.29) is 18.3 Å². The molecule has 0 bridgehead atoms. The minimum atomic E-state index is -1.31. The SMILES string of the molecule is CC(C)CC(NC(=O)C(N)CC(=O)O)C(=O)N1CCCC1C(=O)NC(C(=O)O)C(C)C. The Morgan fingerprint density at radius 2 is 1.68 bits per heavy atom. The minimum absolute atomic E-state index is 0.0251. The molecular formula is C20H34N4O7. The fraction of sp³-hybridized carbons (Fsp3) is 0.750. The van der Waals surface area contributed by atoms with Gasteiger partial charge in [-0.15, -0.1) is 0 Å². The maximum absolute atomic E-state index is 13.2. The summed E-state index contributed by atoms with van der Waals surface area (Å²) in [6.07, 6.45) is 0.640. The third-order valence-corrected chi connectivity index (χ3v) is 5.12. The Bertz CT molecular complexity index is 695. The molecule has 4 unspecified atom stereocenters. The Morgan fingerprint density at radius 3 is 2.16 bits per heavy atom. The topological polar surface area (TPSA) is 179 Å². The van der Waals surface area contributed by atoms with Gasteiger partial charge >= 0.3 is 11.9 Å². The lowest BCUT2D eigenvalue weighted by molar-refractivity contribution is -0.146. The second kappa shape index (κ2) is 11.6. The van der Waals surface area contributed by atoms with Crippen LogP contribution in [-0.4, -0.2) is 75.5 Å². The lowest BCUT2D eigenvalue weighted by atomic mass is 10.0. The van der Waals surface area contributed by atoms with Gasteiger partial charge in [0.25, 0.3) is 0 Å². The van der Waals surface area contributed by atoms with Crippen molar-refractivity contribution in [3.8, 4) is 0 Å². The highest BCUT2D eigenvalue weighted by Gasteiger charge is 2.39. The van der Waals surface area contributed by atoms with Gasteiger partial charge in [0.2, 0.25) is 17.7 Å². The number of aliphatic carboxylic acids is 2. The van der Waals surface area contributed by atoms with Gasteiger partial charge in [-0.3, -0.25) is 19.2 Å². The Balaban J connectivity index is 2.96. The van der Waals surface area contributed by atoms with Crippen molar-refractivity contribution in [3.63, 3.8) is 0 Å². The number of rotatable bonds is 11. The zero-order chi connectivity index (χ0) is 23.9. The fourth-order valence-electron chi connectivity index (χ4n) is 3.52. The molecule has 3 amide bonds. The highest BCUT2D eigenvalue weighted by Crippen LogP contribution is 2.21. The predicted molar refractivity (Wildman–Crippen MR) is 111 cm³/mol. The molecule has 1 rings (SSSR count). The molecule has 0 aliphatic carbocycles. The average Bonchev–Trinajstić information content (AvgIpc) is 3.13. The Hall–Kier alpha value is -2.69. The first kappa shape index (κ1) is 26.3. The number of carbonyl (C=O) groups excluding carboxylic acids is 3. The van der Waals surface area contributed by atoms with E-state index in [1.165, 1.54) is 4.90 Å². The molecule has 1 aliphatic rings. The van der Waals surface area contributed by atoms with Gasteiger partial charge in [-0.2, -0.15) is 0 Å². The molecule has 0 aromatic carbocycles. The fourth-order valence-corrected chi connectivity index (χ4v) is 3.52. The molecule has 11 nitrogen and oxygen atoms in total. The summed E-state index contributed by atoms with van der Waals surface area (Å²) < 4.78 is 0. The van der Waals surface area contributed by atoms with Crippen molar-refractivity contribution < 1.29 is 34.2 Å². The smallest absolute Gasteiger partial charge is 0.326 e. The molecule has 1 aliphatic heterocycles. The molecule has 4 atom stereocenters. The van der Waals surface area contributed by atoms with Gasteiger partial charge in [0.15, 0.2) is 0 Å². The van der Waals surface area contributed by atoms with Crippen molar-refractivity contribution in [2.75, 3.05) is 6.54 Å². The molecule has 1 saturated heterocycles. The van der Waals surface area contributed by atoms with E-state index in [9.17, 15) is 29.1 Å². The van der Waals surface area contributed by atoms with E-state index < -0.39 is 60.2 Å². The first-order valence-electron chi connectivity index (χ1n) is 10.5. The summed E-state index contributed by atoms with van der Waals surface area (Å²) in [6.45, 7) is 7.36. The first-order valence-corrected chi connectivity index (χ1v) is 10.5. The van der Waals surface area contributed by atoms with Crippen molar-refractivity contribution in [3.05, 3.63) is 0 Å². The van der Waals surface area contributed by atoms with Crippen LogP contribution in [0.15, 0.2) is 0 Å². The van der Waals surface area contributed by atoms with Crippen molar-refractivity contribution >= 4 is 29.7 Å². The standard InChI is InChI=1S/C20H34N4O7/c1-10(2)8-13(22-17(27)12(21)9-15(25)26)19(29)24-7-5-6-14(24)18(28)23-16(11(3)4)20(30)31/h10-14,16H,5-9,21H2,1-4H3,(H,22,27)(H,23,28)(H,25,26)(H,30,31). The number of carboxylic acids is 2. The summed E-state index contributed by atoms with van der Waals surface area (Å²) in [7, 11) is 0. The predicted octanol–water partition coefficient (Wildman–Crippen LogP) is -0.464. The number of amides is 3. The Morgan fingerprint density at radius 1 is 1.06 bits per heavy atom. The monoisotopic (exact) mass is 442 g/mol. The van der Waals surface area contributed by atoms with Crippen LogP contribution in [0, 0.1) is 11.8 Å². The molecular weight excluding hydrogens is 408 g/mol. The van der Waals surface area contributed by atoms with Crippen LogP contribution in [0.5, 0.6) is 0 Å². The third-order valence-electron chi connectivity index (χ3n) is 5.12. The summed E-state index contributed by atoms with van der Waals surface area (Å²) in [5.74, 6) is -4.48. The van der Waals surface area contributed by atoms with Crippen molar-refractivity contribution in [2.24, 2.45) is 17.6 Å². The van der Waals surface area contributed by atoms with Crippen LogP contribution in [0.3, 0.4) is 0 Å².